The second-order valence-electron chi connectivity index (χ2n) is 8.69. The van der Waals surface area contributed by atoms with Gasteiger partial charge in [0.1, 0.15) is 5.82 Å². The molecule has 0 radical (unpaired) electrons. The molecule has 180 valence electrons. The Kier molecular flexibility index (Phi) is 6.66. The molecule has 0 aliphatic heterocycles. The molecule has 0 amide bonds. The van der Waals surface area contributed by atoms with Crippen LogP contribution in [-0.2, 0) is 17.6 Å². The molecule has 0 bridgehead atoms. The van der Waals surface area contributed by atoms with E-state index in [4.69, 9.17) is 21.3 Å². The Bertz CT molecular complexity index is 1510. The number of pyridine rings is 1. The van der Waals surface area contributed by atoms with Crippen LogP contribution < -0.4 is 0 Å². The molecule has 36 heavy (non-hydrogen) atoms. The smallest absolute Gasteiger partial charge is 0.339 e. The summed E-state index contributed by atoms with van der Waals surface area (Å²) < 4.78 is 20.0. The van der Waals surface area contributed by atoms with Gasteiger partial charge in [-0.2, -0.15) is 0 Å². The van der Waals surface area contributed by atoms with Crippen molar-refractivity contribution in [2.45, 2.75) is 26.2 Å². The molecule has 0 atom stereocenters. The highest BCUT2D eigenvalue weighted by molar-refractivity contribution is 6.32. The Hall–Kier alpha value is -3.83. The van der Waals surface area contributed by atoms with Gasteiger partial charge >= 0.3 is 5.97 Å². The van der Waals surface area contributed by atoms with Crippen molar-refractivity contribution in [1.29, 1.82) is 0 Å². The average molecular weight is 500 g/mol. The van der Waals surface area contributed by atoms with Crippen molar-refractivity contribution >= 4 is 45.9 Å². The molecule has 0 fully saturated rings. The summed E-state index contributed by atoms with van der Waals surface area (Å²) in [6, 6.07) is 19.2. The van der Waals surface area contributed by atoms with Crippen molar-refractivity contribution in [2.24, 2.45) is 0 Å². The first-order valence-corrected chi connectivity index (χ1v) is 12.2. The number of rotatable bonds is 6. The Morgan fingerprint density at radius 2 is 1.81 bits per heavy atom. The summed E-state index contributed by atoms with van der Waals surface area (Å²) in [4.78, 5) is 30.8. The number of nitrogens with zero attached hydrogens (tertiary/aromatic N) is 1. The maximum atomic E-state index is 14.4. The number of Topliss-reactive ketones (excluding diaryl/α,β-unsaturated/α-hetero) is 1. The molecule has 6 heteroatoms. The quantitative estimate of drug-likeness (QED) is 0.209. The van der Waals surface area contributed by atoms with Crippen LogP contribution in [0.4, 0.5) is 4.39 Å². The summed E-state index contributed by atoms with van der Waals surface area (Å²) in [5.41, 5.74) is 5.09. The highest BCUT2D eigenvalue weighted by Crippen LogP contribution is 2.38. The maximum absolute atomic E-state index is 14.4. The largest absolute Gasteiger partial charge is 0.454 e. The van der Waals surface area contributed by atoms with E-state index in [-0.39, 0.29) is 12.4 Å². The second kappa shape index (κ2) is 10.0. The fraction of sp³-hybridized carbons (Fsp3) is 0.167. The number of hydrogen-bond acceptors (Lipinski definition) is 4. The molecule has 1 aliphatic rings. The van der Waals surface area contributed by atoms with Crippen molar-refractivity contribution < 1.29 is 18.7 Å². The molecule has 4 aromatic rings. The van der Waals surface area contributed by atoms with Gasteiger partial charge in [0, 0.05) is 16.5 Å². The second-order valence-corrected chi connectivity index (χ2v) is 9.09. The number of allylic oxidation sites excluding steroid dienone is 1. The van der Waals surface area contributed by atoms with Gasteiger partial charge in [-0.3, -0.25) is 4.79 Å². The SMILES string of the molecule is CCc1ccc(C(=O)COC(=O)c2c3c(nc4ccccc24)C(=Cc2c(F)cccc2Cl)CC3)cc1. The van der Waals surface area contributed by atoms with E-state index in [1.165, 1.54) is 6.07 Å². The van der Waals surface area contributed by atoms with Crippen LogP contribution in [0.25, 0.3) is 22.6 Å². The van der Waals surface area contributed by atoms with Crippen molar-refractivity contribution in [3.05, 3.63) is 111 Å². The molecule has 0 unspecified atom stereocenters. The van der Waals surface area contributed by atoms with Gasteiger partial charge in [-0.05, 0) is 60.2 Å². The highest BCUT2D eigenvalue weighted by atomic mass is 35.5. The number of benzene rings is 3. The summed E-state index contributed by atoms with van der Waals surface area (Å²) in [7, 11) is 0. The monoisotopic (exact) mass is 499 g/mol. The van der Waals surface area contributed by atoms with Crippen LogP contribution in [0.3, 0.4) is 0 Å². The van der Waals surface area contributed by atoms with Crippen LogP contribution in [0.5, 0.6) is 0 Å². The van der Waals surface area contributed by atoms with E-state index < -0.39 is 11.8 Å². The molecular formula is C30H23ClFNO3. The van der Waals surface area contributed by atoms with Crippen LogP contribution in [-0.4, -0.2) is 23.3 Å². The van der Waals surface area contributed by atoms with E-state index in [1.807, 2.05) is 43.3 Å². The number of aryl methyl sites for hydroxylation is 1. The third kappa shape index (κ3) is 4.54. The lowest BCUT2D eigenvalue weighted by Gasteiger charge is -2.12. The van der Waals surface area contributed by atoms with Crippen molar-refractivity contribution in [3.63, 3.8) is 0 Å². The van der Waals surface area contributed by atoms with Crippen LogP contribution in [0.2, 0.25) is 5.02 Å². The fourth-order valence-electron chi connectivity index (χ4n) is 4.55. The standard InChI is InChI=1S/C30H23ClFNO3/c1-2-18-10-12-19(13-11-18)27(34)17-36-30(35)28-21-6-3-4-9-26(21)33-29-20(14-15-22(28)29)16-23-24(31)7-5-8-25(23)32/h3-13,16H,2,14-15,17H2,1H3. The summed E-state index contributed by atoms with van der Waals surface area (Å²) in [5, 5.41) is 0.966. The predicted molar refractivity (Wildman–Crippen MR) is 140 cm³/mol. The fourth-order valence-corrected chi connectivity index (χ4v) is 4.77. The molecule has 0 N–H and O–H groups in total. The number of ketones is 1. The zero-order chi connectivity index (χ0) is 25.2. The van der Waals surface area contributed by atoms with Crippen LogP contribution >= 0.6 is 11.6 Å². The molecule has 1 heterocycles. The Morgan fingerprint density at radius 3 is 2.56 bits per heavy atom. The summed E-state index contributed by atoms with van der Waals surface area (Å²) >= 11 is 6.24. The first kappa shape index (κ1) is 23.9. The maximum Gasteiger partial charge on any atom is 0.339 e. The molecule has 4 nitrogen and oxygen atoms in total. The number of esters is 1. The number of hydrogen-bond donors (Lipinski definition) is 0. The molecule has 0 saturated carbocycles. The van der Waals surface area contributed by atoms with Crippen LogP contribution in [0.1, 0.15) is 56.4 Å². The first-order chi connectivity index (χ1) is 17.5. The lowest BCUT2D eigenvalue weighted by molar-refractivity contribution is 0.0475. The number of carbonyl (C=O) groups is 2. The number of halogens is 2. The van der Waals surface area contributed by atoms with E-state index in [2.05, 4.69) is 0 Å². The van der Waals surface area contributed by atoms with Gasteiger partial charge in [0.2, 0.25) is 0 Å². The minimum Gasteiger partial charge on any atom is -0.454 e. The first-order valence-electron chi connectivity index (χ1n) is 11.8. The van der Waals surface area contributed by atoms with E-state index in [1.54, 1.807) is 30.3 Å². The number of aromatic nitrogens is 1. The summed E-state index contributed by atoms with van der Waals surface area (Å²) in [6.45, 7) is 1.69. The predicted octanol–water partition coefficient (Wildman–Crippen LogP) is 7.12. The van der Waals surface area contributed by atoms with E-state index in [9.17, 15) is 14.0 Å². The van der Waals surface area contributed by atoms with Gasteiger partial charge < -0.3 is 4.74 Å². The zero-order valence-electron chi connectivity index (χ0n) is 19.7. The van der Waals surface area contributed by atoms with Gasteiger partial charge in [-0.25, -0.2) is 14.2 Å². The van der Waals surface area contributed by atoms with Gasteiger partial charge in [0.05, 0.1) is 21.8 Å². The van der Waals surface area contributed by atoms with E-state index >= 15 is 0 Å². The van der Waals surface area contributed by atoms with Crippen molar-refractivity contribution in [3.8, 4) is 0 Å². The topological polar surface area (TPSA) is 56.3 Å². The van der Waals surface area contributed by atoms with Gasteiger partial charge in [0.25, 0.3) is 0 Å². The third-order valence-corrected chi connectivity index (χ3v) is 6.81. The molecule has 1 aromatic heterocycles. The lowest BCUT2D eigenvalue weighted by Crippen LogP contribution is -2.16. The normalized spacial score (nSPS) is 13.7. The number of carbonyl (C=O) groups excluding carboxylic acids is 2. The Balaban J connectivity index is 1.49. The molecule has 0 spiro atoms. The summed E-state index contributed by atoms with van der Waals surface area (Å²) in [6.07, 6.45) is 3.70. The van der Waals surface area contributed by atoms with Gasteiger partial charge in [0.15, 0.2) is 12.4 Å². The van der Waals surface area contributed by atoms with Crippen LogP contribution in [0, 0.1) is 5.82 Å². The number of ether oxygens (including phenoxy) is 1. The minimum atomic E-state index is -0.575. The minimum absolute atomic E-state index is 0.268. The Labute approximate surface area is 213 Å². The summed E-state index contributed by atoms with van der Waals surface area (Å²) in [5.74, 6) is -1.27. The average Bonchev–Trinajstić information content (AvgIpc) is 3.29. The van der Waals surface area contributed by atoms with E-state index in [0.717, 1.165) is 23.1 Å². The zero-order valence-corrected chi connectivity index (χ0v) is 20.4. The molecule has 5 rings (SSSR count). The lowest BCUT2D eigenvalue weighted by atomic mass is 10.0. The third-order valence-electron chi connectivity index (χ3n) is 6.48. The van der Waals surface area contributed by atoms with E-state index in [0.29, 0.717) is 51.2 Å². The van der Waals surface area contributed by atoms with Crippen LogP contribution in [0.15, 0.2) is 66.7 Å². The molecule has 3 aromatic carbocycles. The highest BCUT2D eigenvalue weighted by Gasteiger charge is 2.28. The van der Waals surface area contributed by atoms with Crippen molar-refractivity contribution in [1.82, 2.24) is 4.98 Å². The molecule has 1 aliphatic carbocycles. The molecular weight excluding hydrogens is 477 g/mol. The Morgan fingerprint density at radius 1 is 1.03 bits per heavy atom. The molecule has 0 saturated heterocycles. The van der Waals surface area contributed by atoms with Crippen molar-refractivity contribution in [2.75, 3.05) is 6.61 Å². The number of fused-ring (bicyclic) bond motifs is 2. The number of para-hydroxylation sites is 1. The van der Waals surface area contributed by atoms with Gasteiger partial charge in [-0.1, -0.05) is 67.1 Å². The van der Waals surface area contributed by atoms with Gasteiger partial charge in [-0.15, -0.1) is 0 Å².